The minimum atomic E-state index is -1.11. The van der Waals surface area contributed by atoms with Gasteiger partial charge in [-0.1, -0.05) is 12.5 Å². The molecule has 4 heterocycles. The molecule has 1 saturated heterocycles. The van der Waals surface area contributed by atoms with Crippen LogP contribution in [0.2, 0.25) is 0 Å². The number of nitrogens with two attached hydrogens (primary N) is 1. The van der Waals surface area contributed by atoms with Gasteiger partial charge in [-0.05, 0) is 75.5 Å². The summed E-state index contributed by atoms with van der Waals surface area (Å²) in [7, 11) is 0. The van der Waals surface area contributed by atoms with E-state index in [1.807, 2.05) is 0 Å². The minimum absolute atomic E-state index is 0.266. The molecular weight excluding hydrogens is 520 g/mol. The lowest BCUT2D eigenvalue weighted by Gasteiger charge is -2.46. The second-order valence-electron chi connectivity index (χ2n) is 12.5. The quantitative estimate of drug-likeness (QED) is 0.242. The summed E-state index contributed by atoms with van der Waals surface area (Å²) in [5.74, 6) is 2.72. The zero-order chi connectivity index (χ0) is 28.2. The maximum atomic E-state index is 10.9. The normalized spacial score (nSPS) is 28.6. The molecule has 2 saturated carbocycles. The van der Waals surface area contributed by atoms with Gasteiger partial charge >= 0.3 is 0 Å². The van der Waals surface area contributed by atoms with Gasteiger partial charge in [0.15, 0.2) is 17.7 Å². The zero-order valence-electron chi connectivity index (χ0n) is 23.7. The molecule has 5 N–H and O–H groups in total. The van der Waals surface area contributed by atoms with Crippen LogP contribution in [-0.2, 0) is 11.2 Å². The zero-order valence-corrected chi connectivity index (χ0v) is 23.7. The third-order valence-corrected chi connectivity index (χ3v) is 9.65. The molecule has 218 valence electrons. The molecule has 1 aromatic carbocycles. The number of H-pyrrole nitrogens is 1. The Hall–Kier alpha value is -3.12. The Balaban J connectivity index is 0.953. The molecule has 1 aliphatic heterocycles. The first-order valence-corrected chi connectivity index (χ1v) is 15.0. The molecular formula is C30H40N8O3. The number of imidazole rings is 2. The van der Waals surface area contributed by atoms with Crippen LogP contribution in [-0.4, -0.2) is 81.5 Å². The standard InChI is InChI=1S/C30H40N8O3/c1-16(2)37(13-23-26(39)27(40)30(41-23)38-15-34-25-28(31)32-14-33-29(25)38)20-10-17(11-20)6-9-24-35-21-8-7-19(12-22(21)36-24)18-4-3-5-18/h7-8,12,14-18,20,23,26-27,30,39-40H,3-6,9-11,13H2,1-2H3,(H,35,36)(H2,31,32,33)/t17?,20?,23-,26+,27-,30-/m1/s1. The number of hydrogen-bond acceptors (Lipinski definition) is 9. The lowest BCUT2D eigenvalue weighted by atomic mass is 9.76. The molecule has 41 heavy (non-hydrogen) atoms. The second-order valence-corrected chi connectivity index (χ2v) is 12.5. The number of aliphatic hydroxyl groups excluding tert-OH is 2. The SMILES string of the molecule is CC(C)N(C[C@H]1O[C@@H](n2cnc3c(N)ncnc32)[C@H](O)[C@H]1O)C1CC(CCc2nc3ccc(C4CCC4)cc3[nH]2)C1. The van der Waals surface area contributed by atoms with Gasteiger partial charge in [-0.3, -0.25) is 9.47 Å². The number of nitrogen functional groups attached to an aromatic ring is 1. The fourth-order valence-corrected chi connectivity index (χ4v) is 6.90. The Kier molecular flexibility index (Phi) is 6.93. The monoisotopic (exact) mass is 560 g/mol. The molecule has 4 aromatic rings. The number of aromatic nitrogens is 6. The topological polar surface area (TPSA) is 151 Å². The Bertz CT molecular complexity index is 1520. The van der Waals surface area contributed by atoms with E-state index in [1.165, 1.54) is 37.5 Å². The number of nitrogens with zero attached hydrogens (tertiary/aromatic N) is 6. The van der Waals surface area contributed by atoms with Crippen molar-refractivity contribution < 1.29 is 14.9 Å². The van der Waals surface area contributed by atoms with E-state index in [4.69, 9.17) is 15.5 Å². The molecule has 7 rings (SSSR count). The number of aryl methyl sites for hydroxylation is 1. The van der Waals surface area contributed by atoms with E-state index in [0.29, 0.717) is 29.7 Å². The molecule has 0 amide bonds. The van der Waals surface area contributed by atoms with Gasteiger partial charge in [0.05, 0.1) is 17.4 Å². The predicted molar refractivity (Wildman–Crippen MR) is 155 cm³/mol. The number of fused-ring (bicyclic) bond motifs is 2. The summed E-state index contributed by atoms with van der Waals surface area (Å²) in [6.07, 6.45) is 7.68. The smallest absolute Gasteiger partial charge is 0.167 e. The van der Waals surface area contributed by atoms with Crippen molar-refractivity contribution in [2.75, 3.05) is 12.3 Å². The van der Waals surface area contributed by atoms with Crippen molar-refractivity contribution in [3.05, 3.63) is 42.2 Å². The molecule has 0 bridgehead atoms. The highest BCUT2D eigenvalue weighted by molar-refractivity contribution is 5.81. The van der Waals surface area contributed by atoms with Gasteiger partial charge in [-0.25, -0.2) is 19.9 Å². The number of ether oxygens (including phenoxy) is 1. The van der Waals surface area contributed by atoms with Gasteiger partial charge in [0.25, 0.3) is 0 Å². The van der Waals surface area contributed by atoms with Gasteiger partial charge in [0.2, 0.25) is 0 Å². The van der Waals surface area contributed by atoms with E-state index in [9.17, 15) is 10.2 Å². The van der Waals surface area contributed by atoms with Crippen molar-refractivity contribution in [2.24, 2.45) is 5.92 Å². The molecule has 0 unspecified atom stereocenters. The average molecular weight is 561 g/mol. The van der Waals surface area contributed by atoms with Crippen molar-refractivity contribution in [1.29, 1.82) is 0 Å². The van der Waals surface area contributed by atoms with Gasteiger partial charge in [-0.15, -0.1) is 0 Å². The van der Waals surface area contributed by atoms with Crippen LogP contribution in [0.3, 0.4) is 0 Å². The lowest BCUT2D eigenvalue weighted by molar-refractivity contribution is -0.0620. The van der Waals surface area contributed by atoms with E-state index >= 15 is 0 Å². The number of rotatable bonds is 9. The average Bonchev–Trinajstić information content (AvgIpc) is 3.58. The van der Waals surface area contributed by atoms with Crippen molar-refractivity contribution in [3.63, 3.8) is 0 Å². The molecule has 3 fully saturated rings. The van der Waals surface area contributed by atoms with Gasteiger partial charge < -0.3 is 25.7 Å². The Labute approximate surface area is 239 Å². The number of aromatic amines is 1. The molecule has 11 nitrogen and oxygen atoms in total. The van der Waals surface area contributed by atoms with E-state index in [2.05, 4.69) is 56.9 Å². The first kappa shape index (κ1) is 26.8. The largest absolute Gasteiger partial charge is 0.387 e. The number of benzene rings is 1. The molecule has 2 aliphatic carbocycles. The number of hydrogen-bond donors (Lipinski definition) is 4. The van der Waals surface area contributed by atoms with E-state index in [-0.39, 0.29) is 11.9 Å². The van der Waals surface area contributed by atoms with Crippen LogP contribution in [0.15, 0.2) is 30.9 Å². The number of anilines is 1. The maximum Gasteiger partial charge on any atom is 0.167 e. The highest BCUT2D eigenvalue weighted by atomic mass is 16.6. The Morgan fingerprint density at radius 1 is 1.15 bits per heavy atom. The van der Waals surface area contributed by atoms with Crippen molar-refractivity contribution in [2.45, 2.75) is 101 Å². The van der Waals surface area contributed by atoms with Crippen molar-refractivity contribution in [1.82, 2.24) is 34.4 Å². The van der Waals surface area contributed by atoms with Crippen LogP contribution < -0.4 is 5.73 Å². The first-order chi connectivity index (χ1) is 19.9. The molecule has 0 spiro atoms. The Morgan fingerprint density at radius 2 is 1.98 bits per heavy atom. The van der Waals surface area contributed by atoms with E-state index in [1.54, 1.807) is 4.57 Å². The lowest BCUT2D eigenvalue weighted by Crippen LogP contribution is -2.52. The summed E-state index contributed by atoms with van der Waals surface area (Å²) < 4.78 is 7.87. The summed E-state index contributed by atoms with van der Waals surface area (Å²) in [6.45, 7) is 4.90. The third-order valence-electron chi connectivity index (χ3n) is 9.65. The molecule has 11 heteroatoms. The minimum Gasteiger partial charge on any atom is -0.387 e. The van der Waals surface area contributed by atoms with Gasteiger partial charge in [0, 0.05) is 25.0 Å². The van der Waals surface area contributed by atoms with Crippen LogP contribution in [0, 0.1) is 5.92 Å². The fraction of sp³-hybridized carbons (Fsp3) is 0.600. The highest BCUT2D eigenvalue weighted by Crippen LogP contribution is 2.39. The summed E-state index contributed by atoms with van der Waals surface area (Å²) in [4.78, 5) is 23.4. The predicted octanol–water partition coefficient (Wildman–Crippen LogP) is 3.29. The van der Waals surface area contributed by atoms with Crippen LogP contribution in [0.4, 0.5) is 5.82 Å². The van der Waals surface area contributed by atoms with Crippen LogP contribution >= 0.6 is 0 Å². The van der Waals surface area contributed by atoms with Gasteiger partial charge in [-0.2, -0.15) is 0 Å². The van der Waals surface area contributed by atoms with Crippen molar-refractivity contribution in [3.8, 4) is 0 Å². The molecule has 4 atom stereocenters. The first-order valence-electron chi connectivity index (χ1n) is 15.0. The summed E-state index contributed by atoms with van der Waals surface area (Å²) in [5.41, 5.74) is 10.5. The van der Waals surface area contributed by atoms with E-state index in [0.717, 1.165) is 48.5 Å². The fourth-order valence-electron chi connectivity index (χ4n) is 6.90. The molecule has 3 aliphatic rings. The Morgan fingerprint density at radius 3 is 2.73 bits per heavy atom. The number of aliphatic hydroxyl groups is 2. The summed E-state index contributed by atoms with van der Waals surface area (Å²) >= 11 is 0. The highest BCUT2D eigenvalue weighted by Gasteiger charge is 2.46. The summed E-state index contributed by atoms with van der Waals surface area (Å²) in [5, 5.41) is 21.8. The van der Waals surface area contributed by atoms with Crippen molar-refractivity contribution >= 4 is 28.0 Å². The molecule has 3 aromatic heterocycles. The number of nitrogens with one attached hydrogen (secondary N) is 1. The van der Waals surface area contributed by atoms with Crippen LogP contribution in [0.1, 0.15) is 75.9 Å². The van der Waals surface area contributed by atoms with Gasteiger partial charge in [0.1, 0.15) is 36.0 Å². The maximum absolute atomic E-state index is 10.9. The van der Waals surface area contributed by atoms with Crippen LogP contribution in [0.25, 0.3) is 22.2 Å². The van der Waals surface area contributed by atoms with E-state index < -0.39 is 24.5 Å². The van der Waals surface area contributed by atoms with Crippen LogP contribution in [0.5, 0.6) is 0 Å². The summed E-state index contributed by atoms with van der Waals surface area (Å²) in [6, 6.07) is 7.43. The second kappa shape index (κ2) is 10.6. The third kappa shape index (κ3) is 4.88. The molecule has 0 radical (unpaired) electrons.